The monoisotopic (exact) mass is 368 g/mol. The molecule has 27 heavy (non-hydrogen) atoms. The van der Waals surface area contributed by atoms with Crippen LogP contribution in [0.2, 0.25) is 0 Å². The third-order valence-electron chi connectivity index (χ3n) is 7.79. The van der Waals surface area contributed by atoms with E-state index in [-0.39, 0.29) is 11.3 Å². The third-order valence-corrected chi connectivity index (χ3v) is 7.79. The first-order valence-corrected chi connectivity index (χ1v) is 10.8. The van der Waals surface area contributed by atoms with Gasteiger partial charge >= 0.3 is 0 Å². The Morgan fingerprint density at radius 1 is 1.26 bits per heavy atom. The van der Waals surface area contributed by atoms with Crippen LogP contribution in [0.3, 0.4) is 0 Å². The minimum atomic E-state index is 0.0707. The Bertz CT molecular complexity index is 757. The molecule has 1 aromatic carbocycles. The van der Waals surface area contributed by atoms with Gasteiger partial charge in [0.05, 0.1) is 0 Å². The maximum atomic E-state index is 12.7. The highest BCUT2D eigenvalue weighted by Gasteiger charge is 2.56. The highest BCUT2D eigenvalue weighted by Crippen LogP contribution is 2.54. The number of phenols is 1. The van der Waals surface area contributed by atoms with Gasteiger partial charge in [-0.1, -0.05) is 19.9 Å². The van der Waals surface area contributed by atoms with Crippen molar-refractivity contribution in [2.75, 3.05) is 26.2 Å². The smallest absolute Gasteiger partial charge is 0.225 e. The zero-order chi connectivity index (χ0) is 18.8. The number of nitrogens with zero attached hydrogens (tertiary/aromatic N) is 2. The lowest BCUT2D eigenvalue weighted by Gasteiger charge is -2.60. The predicted octanol–water partition coefficient (Wildman–Crippen LogP) is 3.17. The number of piperidine rings is 2. The first-order chi connectivity index (χ1) is 13.0. The lowest BCUT2D eigenvalue weighted by atomic mass is 9.54. The number of likely N-dealkylation sites (tertiary alicyclic amines) is 2. The average Bonchev–Trinajstić information content (AvgIpc) is 3.47. The largest absolute Gasteiger partial charge is 0.508 e. The molecule has 3 fully saturated rings. The maximum absolute atomic E-state index is 12.7. The van der Waals surface area contributed by atoms with Crippen molar-refractivity contribution >= 4 is 5.91 Å². The van der Waals surface area contributed by atoms with Gasteiger partial charge in [-0.2, -0.15) is 0 Å². The fraction of sp³-hybridized carbons (Fsp3) is 0.696. The van der Waals surface area contributed by atoms with E-state index in [0.717, 1.165) is 31.8 Å². The van der Waals surface area contributed by atoms with E-state index in [1.807, 2.05) is 26.0 Å². The van der Waals surface area contributed by atoms with E-state index in [4.69, 9.17) is 0 Å². The van der Waals surface area contributed by atoms with Gasteiger partial charge in [0.15, 0.2) is 0 Å². The summed E-state index contributed by atoms with van der Waals surface area (Å²) in [5, 5.41) is 10.2. The summed E-state index contributed by atoms with van der Waals surface area (Å²) in [5.41, 5.74) is 2.95. The number of rotatable bonds is 3. The van der Waals surface area contributed by atoms with Crippen LogP contribution in [0.5, 0.6) is 5.75 Å². The number of fused-ring (bicyclic) bond motifs is 1. The van der Waals surface area contributed by atoms with Gasteiger partial charge in [0, 0.05) is 42.9 Å². The highest BCUT2D eigenvalue weighted by molar-refractivity contribution is 5.78. The second-order valence-electron chi connectivity index (χ2n) is 9.75. The van der Waals surface area contributed by atoms with Crippen molar-refractivity contribution in [3.8, 4) is 5.75 Å². The van der Waals surface area contributed by atoms with Crippen LogP contribution in [-0.2, 0) is 16.6 Å². The molecular formula is C23H32N2O2. The summed E-state index contributed by atoms with van der Waals surface area (Å²) in [4.78, 5) is 17.6. The molecule has 2 aliphatic carbocycles. The van der Waals surface area contributed by atoms with E-state index in [0.29, 0.717) is 23.6 Å². The SMILES string of the molecule is CC(C)C(=O)N1CC[C@]23CCN(CC4CC4)[C@H](Cc4ccc(O)cc42)[C@@H]3C1. The van der Waals surface area contributed by atoms with Gasteiger partial charge in [-0.25, -0.2) is 0 Å². The highest BCUT2D eigenvalue weighted by atomic mass is 16.3. The molecule has 0 radical (unpaired) electrons. The molecule has 4 aliphatic rings. The quantitative estimate of drug-likeness (QED) is 0.891. The summed E-state index contributed by atoms with van der Waals surface area (Å²) in [7, 11) is 0. The zero-order valence-corrected chi connectivity index (χ0v) is 16.7. The molecule has 146 valence electrons. The standard InChI is InChI=1S/C23H32N2O2/c1-15(2)22(27)25-10-8-23-7-9-24(13-16-3-4-16)21(20(23)14-25)11-17-5-6-18(26)12-19(17)23/h5-6,12,15-16,20-21,26H,3-4,7-11,13-14H2,1-2H3/t20-,21+,23+/m0/s1. The molecule has 2 saturated heterocycles. The summed E-state index contributed by atoms with van der Waals surface area (Å²) in [5.74, 6) is 2.16. The predicted molar refractivity (Wildman–Crippen MR) is 106 cm³/mol. The van der Waals surface area contributed by atoms with Gasteiger partial charge in [0.1, 0.15) is 5.75 Å². The van der Waals surface area contributed by atoms with Crippen molar-refractivity contribution in [1.29, 1.82) is 0 Å². The van der Waals surface area contributed by atoms with E-state index in [9.17, 15) is 9.90 Å². The summed E-state index contributed by atoms with van der Waals surface area (Å²) in [6.07, 6.45) is 6.06. The van der Waals surface area contributed by atoms with Crippen LogP contribution in [-0.4, -0.2) is 53.0 Å². The normalized spacial score (nSPS) is 32.9. The Kier molecular flexibility index (Phi) is 4.05. The van der Waals surface area contributed by atoms with E-state index in [2.05, 4.69) is 15.9 Å². The zero-order valence-electron chi connectivity index (χ0n) is 16.7. The van der Waals surface area contributed by atoms with Crippen molar-refractivity contribution in [3.63, 3.8) is 0 Å². The lowest BCUT2D eigenvalue weighted by Crippen LogP contribution is -2.66. The molecule has 0 spiro atoms. The van der Waals surface area contributed by atoms with E-state index in [1.165, 1.54) is 43.5 Å². The topological polar surface area (TPSA) is 43.8 Å². The number of carbonyl (C=O) groups excluding carboxylic acids is 1. The maximum Gasteiger partial charge on any atom is 0.225 e. The molecule has 4 nitrogen and oxygen atoms in total. The van der Waals surface area contributed by atoms with E-state index < -0.39 is 0 Å². The summed E-state index contributed by atoms with van der Waals surface area (Å²) >= 11 is 0. The van der Waals surface area contributed by atoms with Crippen molar-refractivity contribution in [2.24, 2.45) is 17.8 Å². The molecule has 1 amide bonds. The molecule has 1 saturated carbocycles. The molecule has 4 heteroatoms. The molecule has 0 aromatic heterocycles. The minimum Gasteiger partial charge on any atom is -0.508 e. The fourth-order valence-electron chi connectivity index (χ4n) is 6.18. The number of carbonyl (C=O) groups is 1. The van der Waals surface area contributed by atoms with Crippen LogP contribution in [0.15, 0.2) is 18.2 Å². The first kappa shape index (κ1) is 17.5. The number of hydrogen-bond acceptors (Lipinski definition) is 3. The van der Waals surface area contributed by atoms with Crippen molar-refractivity contribution < 1.29 is 9.90 Å². The second kappa shape index (κ2) is 6.23. The number of aromatic hydroxyl groups is 1. The van der Waals surface area contributed by atoms with Gasteiger partial charge in [-0.05, 0) is 67.8 Å². The Balaban J connectivity index is 1.53. The fourth-order valence-corrected chi connectivity index (χ4v) is 6.18. The van der Waals surface area contributed by atoms with Gasteiger partial charge < -0.3 is 10.0 Å². The van der Waals surface area contributed by atoms with Crippen LogP contribution in [0, 0.1) is 17.8 Å². The molecule has 2 bridgehead atoms. The van der Waals surface area contributed by atoms with Crippen molar-refractivity contribution in [2.45, 2.75) is 57.4 Å². The van der Waals surface area contributed by atoms with Crippen LogP contribution < -0.4 is 0 Å². The summed E-state index contributed by atoms with van der Waals surface area (Å²) in [6.45, 7) is 8.19. The summed E-state index contributed by atoms with van der Waals surface area (Å²) < 4.78 is 0. The lowest BCUT2D eigenvalue weighted by molar-refractivity contribution is -0.140. The van der Waals surface area contributed by atoms with Crippen LogP contribution in [0.25, 0.3) is 0 Å². The van der Waals surface area contributed by atoms with Crippen LogP contribution >= 0.6 is 0 Å². The molecule has 2 heterocycles. The molecular weight excluding hydrogens is 336 g/mol. The molecule has 1 N–H and O–H groups in total. The number of hydrogen-bond donors (Lipinski definition) is 1. The van der Waals surface area contributed by atoms with Gasteiger partial charge in [-0.15, -0.1) is 0 Å². The number of benzene rings is 1. The number of phenolic OH excluding ortho intramolecular Hbond substituents is 1. The van der Waals surface area contributed by atoms with E-state index in [1.54, 1.807) is 0 Å². The van der Waals surface area contributed by atoms with Crippen LogP contribution in [0.4, 0.5) is 0 Å². The molecule has 0 unspecified atom stereocenters. The van der Waals surface area contributed by atoms with Crippen molar-refractivity contribution in [1.82, 2.24) is 9.80 Å². The molecule has 2 aliphatic heterocycles. The molecule has 5 rings (SSSR count). The Labute approximate surface area is 162 Å². The Morgan fingerprint density at radius 2 is 2.04 bits per heavy atom. The minimum absolute atomic E-state index is 0.0707. The van der Waals surface area contributed by atoms with Gasteiger partial charge in [0.2, 0.25) is 5.91 Å². The molecule has 3 atom stereocenters. The Hall–Kier alpha value is -1.55. The number of amides is 1. The van der Waals surface area contributed by atoms with E-state index >= 15 is 0 Å². The van der Waals surface area contributed by atoms with Crippen LogP contribution in [0.1, 0.15) is 50.7 Å². The third kappa shape index (κ3) is 2.79. The van der Waals surface area contributed by atoms with Gasteiger partial charge in [-0.3, -0.25) is 9.69 Å². The summed E-state index contributed by atoms with van der Waals surface area (Å²) in [6, 6.07) is 6.59. The second-order valence-corrected chi connectivity index (χ2v) is 9.75. The first-order valence-electron chi connectivity index (χ1n) is 10.8. The Morgan fingerprint density at radius 3 is 2.78 bits per heavy atom. The van der Waals surface area contributed by atoms with Crippen molar-refractivity contribution in [3.05, 3.63) is 29.3 Å². The van der Waals surface area contributed by atoms with Gasteiger partial charge in [0.25, 0.3) is 0 Å². The average molecular weight is 369 g/mol. The molecule has 1 aromatic rings.